The highest BCUT2D eigenvalue weighted by atomic mass is 14.4. The van der Waals surface area contributed by atoms with Crippen LogP contribution in [-0.4, -0.2) is 0 Å². The lowest BCUT2D eigenvalue weighted by atomic mass is 9.94. The van der Waals surface area contributed by atoms with Gasteiger partial charge in [0.25, 0.3) is 0 Å². The summed E-state index contributed by atoms with van der Waals surface area (Å²) in [6.07, 6.45) is 6.36. The third kappa shape index (κ3) is 1.82. The van der Waals surface area contributed by atoms with Crippen LogP contribution in [0.1, 0.15) is 20.3 Å². The molecule has 0 amide bonds. The second kappa shape index (κ2) is 4.73. The molecule has 0 spiro atoms. The molecule has 104 valence electrons. The minimum absolute atomic E-state index is 0.803. The molecule has 0 aromatic heterocycles. The van der Waals surface area contributed by atoms with E-state index in [1.165, 1.54) is 38.4 Å². The minimum atomic E-state index is 0.803. The van der Waals surface area contributed by atoms with Gasteiger partial charge in [-0.3, -0.25) is 0 Å². The monoisotopic (exact) mass is 272 g/mol. The van der Waals surface area contributed by atoms with E-state index in [1.54, 1.807) is 0 Å². The van der Waals surface area contributed by atoms with E-state index >= 15 is 0 Å². The average Bonchev–Trinajstić information content (AvgIpc) is 3.34. The molecule has 21 heavy (non-hydrogen) atoms. The predicted molar refractivity (Wildman–Crippen MR) is 92.6 cm³/mol. The van der Waals surface area contributed by atoms with Crippen molar-refractivity contribution >= 4 is 33.7 Å². The van der Waals surface area contributed by atoms with E-state index in [9.17, 15) is 0 Å². The molecule has 0 saturated heterocycles. The summed E-state index contributed by atoms with van der Waals surface area (Å²) < 4.78 is 0. The van der Waals surface area contributed by atoms with E-state index in [-0.39, 0.29) is 0 Å². The maximum Gasteiger partial charge on any atom is -0.00991 e. The zero-order valence-corrected chi connectivity index (χ0v) is 12.6. The highest BCUT2D eigenvalue weighted by Gasteiger charge is 2.34. The van der Waals surface area contributed by atoms with Crippen molar-refractivity contribution in [2.45, 2.75) is 20.3 Å². The summed E-state index contributed by atoms with van der Waals surface area (Å²) in [6, 6.07) is 17.7. The van der Waals surface area contributed by atoms with E-state index in [1.807, 2.05) is 13.8 Å². The Labute approximate surface area is 125 Å². The standard InChI is InChI=1S/C19H14.C2H6/c1-3-7-16-14(5-1)15-6-2-4-8-17(15)19-11-13-9-12(13)10-18(16)19;1-2/h1-8,10-13H,9H2;1-2H3. The zero-order valence-electron chi connectivity index (χ0n) is 12.6. The van der Waals surface area contributed by atoms with Gasteiger partial charge in [0, 0.05) is 0 Å². The molecular weight excluding hydrogens is 252 g/mol. The van der Waals surface area contributed by atoms with Crippen molar-refractivity contribution in [2.75, 3.05) is 0 Å². The third-order valence-electron chi connectivity index (χ3n) is 4.67. The van der Waals surface area contributed by atoms with Crippen LogP contribution >= 0.6 is 0 Å². The van der Waals surface area contributed by atoms with Crippen LogP contribution in [0.25, 0.3) is 33.7 Å². The Morgan fingerprint density at radius 3 is 1.43 bits per heavy atom. The van der Waals surface area contributed by atoms with Crippen molar-refractivity contribution in [3.05, 3.63) is 59.0 Å². The molecule has 1 saturated carbocycles. The fourth-order valence-electron chi connectivity index (χ4n) is 3.60. The Bertz CT molecular complexity index is 868. The summed E-state index contributed by atoms with van der Waals surface area (Å²) in [5.74, 6) is 1.61. The van der Waals surface area contributed by atoms with Gasteiger partial charge in [-0.2, -0.15) is 0 Å². The van der Waals surface area contributed by atoms with E-state index < -0.39 is 0 Å². The van der Waals surface area contributed by atoms with Crippen molar-refractivity contribution in [2.24, 2.45) is 11.8 Å². The highest BCUT2D eigenvalue weighted by Crippen LogP contribution is 2.42. The lowest BCUT2D eigenvalue weighted by Gasteiger charge is -2.09. The highest BCUT2D eigenvalue weighted by molar-refractivity contribution is 6.08. The first kappa shape index (κ1) is 12.6. The maximum atomic E-state index is 2.51. The second-order valence-electron chi connectivity index (χ2n) is 5.82. The second-order valence-corrected chi connectivity index (χ2v) is 5.82. The van der Waals surface area contributed by atoms with Gasteiger partial charge in [0.2, 0.25) is 0 Å². The molecular formula is C21H20. The van der Waals surface area contributed by atoms with Crippen molar-refractivity contribution in [3.8, 4) is 0 Å². The molecule has 0 heteroatoms. The normalized spacial score (nSPS) is 21.4. The van der Waals surface area contributed by atoms with Crippen LogP contribution in [-0.2, 0) is 0 Å². The Balaban J connectivity index is 0.000000555. The topological polar surface area (TPSA) is 0 Å². The maximum absolute atomic E-state index is 2.51. The van der Waals surface area contributed by atoms with Crippen molar-refractivity contribution < 1.29 is 0 Å². The molecule has 2 atom stereocenters. The number of benzene rings is 3. The Kier molecular flexibility index (Phi) is 2.85. The van der Waals surface area contributed by atoms with Gasteiger partial charge < -0.3 is 0 Å². The number of fused-ring (bicyclic) bond motifs is 7. The van der Waals surface area contributed by atoms with E-state index in [4.69, 9.17) is 0 Å². The lowest BCUT2D eigenvalue weighted by molar-refractivity contribution is 1.07. The van der Waals surface area contributed by atoms with Gasteiger partial charge in [0.05, 0.1) is 0 Å². The first-order chi connectivity index (χ1) is 10.4. The van der Waals surface area contributed by atoms with Crippen LogP contribution in [0.5, 0.6) is 0 Å². The van der Waals surface area contributed by atoms with E-state index in [0.29, 0.717) is 0 Å². The molecule has 0 heterocycles. The fourth-order valence-corrected chi connectivity index (χ4v) is 3.60. The molecule has 1 fully saturated rings. The van der Waals surface area contributed by atoms with Crippen molar-refractivity contribution in [1.82, 2.24) is 0 Å². The van der Waals surface area contributed by atoms with Gasteiger partial charge in [-0.25, -0.2) is 0 Å². The number of hydrogen-bond donors (Lipinski definition) is 0. The Hall–Kier alpha value is -2.08. The van der Waals surface area contributed by atoms with Crippen LogP contribution in [0.3, 0.4) is 0 Å². The van der Waals surface area contributed by atoms with Crippen LogP contribution in [0.4, 0.5) is 0 Å². The van der Waals surface area contributed by atoms with E-state index in [0.717, 1.165) is 11.8 Å². The predicted octanol–water partition coefficient (Wildman–Crippen LogP) is 4.23. The van der Waals surface area contributed by atoms with Crippen LogP contribution in [0.2, 0.25) is 0 Å². The molecule has 2 aliphatic rings. The van der Waals surface area contributed by atoms with Crippen LogP contribution in [0.15, 0.2) is 48.5 Å². The Morgan fingerprint density at radius 2 is 1.00 bits per heavy atom. The third-order valence-corrected chi connectivity index (χ3v) is 4.67. The number of rotatable bonds is 0. The van der Waals surface area contributed by atoms with Crippen LogP contribution < -0.4 is 10.4 Å². The number of hydrogen-bond acceptors (Lipinski definition) is 0. The van der Waals surface area contributed by atoms with Crippen molar-refractivity contribution in [3.63, 3.8) is 0 Å². The van der Waals surface area contributed by atoms with Gasteiger partial charge in [0.15, 0.2) is 0 Å². The summed E-state index contributed by atoms with van der Waals surface area (Å²) in [5, 5.41) is 8.54. The fraction of sp³-hybridized carbons (Fsp3) is 0.238. The van der Waals surface area contributed by atoms with Gasteiger partial charge in [-0.1, -0.05) is 74.5 Å². The van der Waals surface area contributed by atoms with E-state index in [2.05, 4.69) is 60.7 Å². The molecule has 0 N–H and O–H groups in total. The summed E-state index contributed by atoms with van der Waals surface area (Å²) >= 11 is 0. The molecule has 5 rings (SSSR count). The molecule has 3 aromatic rings. The lowest BCUT2D eigenvalue weighted by Crippen LogP contribution is -2.29. The summed E-state index contributed by atoms with van der Waals surface area (Å²) in [6.45, 7) is 4.00. The summed E-state index contributed by atoms with van der Waals surface area (Å²) in [5.41, 5.74) is 0. The molecule has 0 bridgehead atoms. The van der Waals surface area contributed by atoms with Crippen LogP contribution in [0, 0.1) is 11.8 Å². The molecule has 0 nitrogen and oxygen atoms in total. The van der Waals surface area contributed by atoms with Gasteiger partial charge in [-0.15, -0.1) is 0 Å². The first-order valence-electron chi connectivity index (χ1n) is 8.05. The minimum Gasteiger partial charge on any atom is -0.0723 e. The quantitative estimate of drug-likeness (QED) is 0.537. The summed E-state index contributed by atoms with van der Waals surface area (Å²) in [4.78, 5) is 0. The SMILES string of the molecule is C1=c2c(c3ccccc3c3ccccc23)=CC2CC12.CC. The first-order valence-corrected chi connectivity index (χ1v) is 8.05. The molecule has 2 aliphatic carbocycles. The zero-order chi connectivity index (χ0) is 14.4. The van der Waals surface area contributed by atoms with Gasteiger partial charge in [-0.05, 0) is 50.2 Å². The molecule has 0 aliphatic heterocycles. The molecule has 0 radical (unpaired) electrons. The average molecular weight is 272 g/mol. The van der Waals surface area contributed by atoms with Gasteiger partial charge >= 0.3 is 0 Å². The smallest absolute Gasteiger partial charge is 0.00991 e. The van der Waals surface area contributed by atoms with Gasteiger partial charge in [0.1, 0.15) is 0 Å². The Morgan fingerprint density at radius 1 is 0.619 bits per heavy atom. The van der Waals surface area contributed by atoms with Crippen molar-refractivity contribution in [1.29, 1.82) is 0 Å². The molecule has 2 unspecified atom stereocenters. The molecule has 3 aromatic carbocycles. The summed E-state index contributed by atoms with van der Waals surface area (Å²) in [7, 11) is 0. The largest absolute Gasteiger partial charge is 0.0723 e.